The Labute approximate surface area is 124 Å². The Balaban J connectivity index is 1.28. The standard InChI is InChI=1S/C19H31N/c1-9(2)17(12-5-6-12)20-18-15-11(4)19(16(15)18)7-13-10(3)14(13)8-19/h9-18,20H,5-8H2,1-4H3. The summed E-state index contributed by atoms with van der Waals surface area (Å²) in [5.74, 6) is 8.33. The molecule has 0 aliphatic heterocycles. The lowest BCUT2D eigenvalue weighted by atomic mass is 9.58. The zero-order valence-corrected chi connectivity index (χ0v) is 13.6. The minimum atomic E-state index is 0.801. The fraction of sp³-hybridized carbons (Fsp3) is 1.00. The normalized spacial score (nSPS) is 60.1. The second-order valence-electron chi connectivity index (χ2n) is 9.52. The maximum Gasteiger partial charge on any atom is 0.0141 e. The van der Waals surface area contributed by atoms with Crippen LogP contribution in [0.1, 0.15) is 53.4 Å². The highest BCUT2D eigenvalue weighted by molar-refractivity contribution is 5.30. The van der Waals surface area contributed by atoms with E-state index in [1.807, 2.05) is 0 Å². The van der Waals surface area contributed by atoms with Gasteiger partial charge in [-0.05, 0) is 78.4 Å². The topological polar surface area (TPSA) is 12.0 Å². The Hall–Kier alpha value is -0.0400. The summed E-state index contributed by atoms with van der Waals surface area (Å²) >= 11 is 0. The van der Waals surface area contributed by atoms with Gasteiger partial charge in [0.25, 0.3) is 0 Å². The third-order valence-electron chi connectivity index (χ3n) is 8.45. The summed E-state index contributed by atoms with van der Waals surface area (Å²) in [6.45, 7) is 9.92. The van der Waals surface area contributed by atoms with Crippen molar-refractivity contribution in [3.05, 3.63) is 0 Å². The predicted octanol–water partition coefficient (Wildman–Crippen LogP) is 3.94. The first-order chi connectivity index (χ1) is 9.54. The van der Waals surface area contributed by atoms with E-state index in [1.165, 1.54) is 12.8 Å². The van der Waals surface area contributed by atoms with Crippen LogP contribution in [-0.4, -0.2) is 12.1 Å². The molecular formula is C19H31N. The Morgan fingerprint density at radius 1 is 1.05 bits per heavy atom. The van der Waals surface area contributed by atoms with Crippen LogP contribution in [0.3, 0.4) is 0 Å². The monoisotopic (exact) mass is 273 g/mol. The Bertz CT molecular complexity index is 423. The lowest BCUT2D eigenvalue weighted by Gasteiger charge is -2.46. The van der Waals surface area contributed by atoms with Gasteiger partial charge in [0, 0.05) is 12.1 Å². The molecule has 7 atom stereocenters. The minimum absolute atomic E-state index is 0.801. The summed E-state index contributed by atoms with van der Waals surface area (Å²) in [5, 5.41) is 4.14. The van der Waals surface area contributed by atoms with E-state index in [1.54, 1.807) is 12.8 Å². The van der Waals surface area contributed by atoms with E-state index in [4.69, 9.17) is 0 Å². The van der Waals surface area contributed by atoms with Crippen molar-refractivity contribution in [2.45, 2.75) is 65.5 Å². The van der Waals surface area contributed by atoms with E-state index in [0.29, 0.717) is 0 Å². The molecule has 5 fully saturated rings. The molecule has 1 spiro atoms. The summed E-state index contributed by atoms with van der Waals surface area (Å²) in [6, 6.07) is 1.73. The molecule has 0 aromatic carbocycles. The lowest BCUT2D eigenvalue weighted by molar-refractivity contribution is 0.0145. The van der Waals surface area contributed by atoms with Crippen molar-refractivity contribution in [2.75, 3.05) is 0 Å². The van der Waals surface area contributed by atoms with Gasteiger partial charge in [-0.25, -0.2) is 0 Å². The van der Waals surface area contributed by atoms with Crippen molar-refractivity contribution in [1.29, 1.82) is 0 Å². The first kappa shape index (κ1) is 12.5. The van der Waals surface area contributed by atoms with Crippen LogP contribution in [0, 0.1) is 52.8 Å². The van der Waals surface area contributed by atoms with Gasteiger partial charge in [0.05, 0.1) is 0 Å². The SMILES string of the molecule is CC(C)C(NC1C2C(C)C3(CC4C(C)C4C3)C12)C1CC1. The molecule has 5 saturated carbocycles. The number of nitrogens with one attached hydrogen (secondary N) is 1. The third kappa shape index (κ3) is 1.39. The van der Waals surface area contributed by atoms with E-state index in [-0.39, 0.29) is 0 Å². The fourth-order valence-corrected chi connectivity index (χ4v) is 6.95. The molecule has 1 nitrogen and oxygen atoms in total. The summed E-state index contributed by atoms with van der Waals surface area (Å²) in [6.07, 6.45) is 6.16. The zero-order chi connectivity index (χ0) is 13.8. The fourth-order valence-electron chi connectivity index (χ4n) is 6.95. The summed E-state index contributed by atoms with van der Waals surface area (Å²) in [5.41, 5.74) is 0.801. The average molecular weight is 273 g/mol. The van der Waals surface area contributed by atoms with E-state index < -0.39 is 0 Å². The molecule has 1 N–H and O–H groups in total. The Kier molecular flexibility index (Phi) is 2.28. The van der Waals surface area contributed by atoms with E-state index >= 15 is 0 Å². The molecule has 0 heterocycles. The highest BCUT2D eigenvalue weighted by Crippen LogP contribution is 2.81. The quantitative estimate of drug-likeness (QED) is 0.818. The number of hydrogen-bond acceptors (Lipinski definition) is 1. The molecule has 0 bridgehead atoms. The largest absolute Gasteiger partial charge is 0.310 e. The number of hydrogen-bond donors (Lipinski definition) is 1. The van der Waals surface area contributed by atoms with Crippen LogP contribution in [0.15, 0.2) is 0 Å². The van der Waals surface area contributed by atoms with Crippen molar-refractivity contribution in [3.8, 4) is 0 Å². The van der Waals surface area contributed by atoms with Crippen LogP contribution < -0.4 is 5.32 Å². The van der Waals surface area contributed by atoms with Gasteiger partial charge < -0.3 is 5.32 Å². The summed E-state index contributed by atoms with van der Waals surface area (Å²) < 4.78 is 0. The molecular weight excluding hydrogens is 242 g/mol. The molecule has 112 valence electrons. The van der Waals surface area contributed by atoms with Crippen LogP contribution >= 0.6 is 0 Å². The molecule has 0 saturated heterocycles. The van der Waals surface area contributed by atoms with Gasteiger partial charge >= 0.3 is 0 Å². The second-order valence-corrected chi connectivity index (χ2v) is 9.52. The van der Waals surface area contributed by atoms with Crippen LogP contribution in [0.4, 0.5) is 0 Å². The highest BCUT2D eigenvalue weighted by atomic mass is 15.1. The first-order valence-corrected chi connectivity index (χ1v) is 9.30. The van der Waals surface area contributed by atoms with Crippen LogP contribution in [0.5, 0.6) is 0 Å². The van der Waals surface area contributed by atoms with Gasteiger partial charge in [0.1, 0.15) is 0 Å². The maximum atomic E-state index is 4.14. The van der Waals surface area contributed by atoms with Crippen molar-refractivity contribution >= 4 is 0 Å². The Morgan fingerprint density at radius 3 is 2.25 bits per heavy atom. The van der Waals surface area contributed by atoms with Crippen LogP contribution in [-0.2, 0) is 0 Å². The summed E-state index contributed by atoms with van der Waals surface area (Å²) in [4.78, 5) is 0. The van der Waals surface area contributed by atoms with Gasteiger partial charge in [-0.1, -0.05) is 27.7 Å². The molecule has 7 unspecified atom stereocenters. The average Bonchev–Trinajstić information content (AvgIpc) is 3.33. The highest BCUT2D eigenvalue weighted by Gasteiger charge is 2.79. The molecule has 0 aromatic heterocycles. The van der Waals surface area contributed by atoms with Crippen molar-refractivity contribution in [3.63, 3.8) is 0 Å². The first-order valence-electron chi connectivity index (χ1n) is 9.30. The van der Waals surface area contributed by atoms with Gasteiger partial charge in [0.2, 0.25) is 0 Å². The minimum Gasteiger partial charge on any atom is -0.310 e. The molecule has 0 radical (unpaired) electrons. The Morgan fingerprint density at radius 2 is 1.70 bits per heavy atom. The van der Waals surface area contributed by atoms with Gasteiger partial charge in [-0.3, -0.25) is 0 Å². The number of fused-ring (bicyclic) bond motifs is 3. The van der Waals surface area contributed by atoms with Crippen molar-refractivity contribution < 1.29 is 0 Å². The smallest absolute Gasteiger partial charge is 0.0141 e. The molecule has 1 heteroatoms. The van der Waals surface area contributed by atoms with E-state index in [9.17, 15) is 0 Å². The maximum absolute atomic E-state index is 4.14. The van der Waals surface area contributed by atoms with Crippen molar-refractivity contribution in [2.24, 2.45) is 52.8 Å². The molecule has 5 aliphatic carbocycles. The van der Waals surface area contributed by atoms with Gasteiger partial charge in [-0.2, -0.15) is 0 Å². The molecule has 0 aromatic rings. The third-order valence-corrected chi connectivity index (χ3v) is 8.45. The molecule has 5 aliphatic rings. The molecule has 0 amide bonds. The second kappa shape index (κ2) is 3.65. The molecule has 20 heavy (non-hydrogen) atoms. The number of rotatable bonds is 4. The molecule has 5 rings (SSSR count). The van der Waals surface area contributed by atoms with E-state index in [0.717, 1.165) is 64.8 Å². The lowest BCUT2D eigenvalue weighted by Crippen LogP contribution is -2.41. The van der Waals surface area contributed by atoms with Gasteiger partial charge in [-0.15, -0.1) is 0 Å². The zero-order valence-electron chi connectivity index (χ0n) is 13.6. The van der Waals surface area contributed by atoms with Crippen molar-refractivity contribution in [1.82, 2.24) is 5.32 Å². The summed E-state index contributed by atoms with van der Waals surface area (Å²) in [7, 11) is 0. The predicted molar refractivity (Wildman–Crippen MR) is 82.2 cm³/mol. The van der Waals surface area contributed by atoms with Crippen LogP contribution in [0.2, 0.25) is 0 Å². The van der Waals surface area contributed by atoms with Gasteiger partial charge in [0.15, 0.2) is 0 Å². The van der Waals surface area contributed by atoms with E-state index in [2.05, 4.69) is 33.0 Å². The van der Waals surface area contributed by atoms with Crippen LogP contribution in [0.25, 0.3) is 0 Å².